The highest BCUT2D eigenvalue weighted by atomic mass is 31.0. The summed E-state index contributed by atoms with van der Waals surface area (Å²) < 4.78 is 2.26. The Morgan fingerprint density at radius 1 is 1.64 bits per heavy atom. The second-order valence-corrected chi connectivity index (χ2v) is 3.50. The Kier molecular flexibility index (Phi) is 3.84. The van der Waals surface area contributed by atoms with Crippen LogP contribution in [-0.2, 0) is 0 Å². The largest absolute Gasteiger partial charge is 0.329 e. The zero-order valence-corrected chi connectivity index (χ0v) is 8.09. The van der Waals surface area contributed by atoms with Crippen molar-refractivity contribution in [3.8, 4) is 0 Å². The van der Waals surface area contributed by atoms with Crippen LogP contribution in [-0.4, -0.2) is 24.8 Å². The monoisotopic (exact) mass is 173 g/mol. The first-order valence-electron chi connectivity index (χ1n) is 3.93. The maximum Gasteiger partial charge on any atom is 0.0244 e. The van der Waals surface area contributed by atoms with E-state index < -0.39 is 0 Å². The zero-order valence-electron chi connectivity index (χ0n) is 6.93. The standard InChI is InChI=1S/C7H16N3P/c1-8-9-5-7-3-2-4-10(11)6-7/h5,8-9H,2-4,6,11H2,1H3/b7-5+. The highest BCUT2D eigenvalue weighted by molar-refractivity contribution is 7.13. The Morgan fingerprint density at radius 2 is 2.45 bits per heavy atom. The van der Waals surface area contributed by atoms with Crippen LogP contribution in [0.4, 0.5) is 0 Å². The third kappa shape index (κ3) is 3.19. The van der Waals surface area contributed by atoms with Crippen molar-refractivity contribution in [2.75, 3.05) is 20.1 Å². The summed E-state index contributed by atoms with van der Waals surface area (Å²) in [5, 5.41) is 0. The van der Waals surface area contributed by atoms with Crippen LogP contribution in [0.25, 0.3) is 0 Å². The molecular weight excluding hydrogens is 157 g/mol. The van der Waals surface area contributed by atoms with E-state index in [0.717, 1.165) is 6.54 Å². The van der Waals surface area contributed by atoms with Gasteiger partial charge in [-0.25, -0.2) is 5.43 Å². The van der Waals surface area contributed by atoms with Crippen LogP contribution in [0.2, 0.25) is 0 Å². The van der Waals surface area contributed by atoms with Gasteiger partial charge < -0.3 is 5.43 Å². The molecule has 0 aromatic heterocycles. The van der Waals surface area contributed by atoms with Gasteiger partial charge in [-0.3, -0.25) is 4.67 Å². The number of nitrogens with zero attached hydrogens (tertiary/aromatic N) is 1. The molecule has 1 atom stereocenters. The molecule has 1 heterocycles. The summed E-state index contributed by atoms with van der Waals surface area (Å²) in [5.74, 6) is 0. The van der Waals surface area contributed by atoms with E-state index in [4.69, 9.17) is 0 Å². The molecule has 1 saturated heterocycles. The lowest BCUT2D eigenvalue weighted by Gasteiger charge is -2.23. The molecule has 64 valence electrons. The van der Waals surface area contributed by atoms with Crippen molar-refractivity contribution in [1.82, 2.24) is 15.5 Å². The summed E-state index contributed by atoms with van der Waals surface area (Å²) in [6, 6.07) is 0. The predicted molar refractivity (Wildman–Crippen MR) is 50.8 cm³/mol. The molecule has 2 N–H and O–H groups in total. The fourth-order valence-corrected chi connectivity index (χ4v) is 1.64. The maximum absolute atomic E-state index is 2.99. The Bertz CT molecular complexity index is 147. The molecule has 11 heavy (non-hydrogen) atoms. The molecule has 0 spiro atoms. The van der Waals surface area contributed by atoms with Gasteiger partial charge in [0, 0.05) is 26.3 Å². The average molecular weight is 173 g/mol. The van der Waals surface area contributed by atoms with Crippen molar-refractivity contribution in [2.24, 2.45) is 0 Å². The van der Waals surface area contributed by atoms with E-state index in [1.54, 1.807) is 0 Å². The molecule has 3 nitrogen and oxygen atoms in total. The van der Waals surface area contributed by atoms with E-state index in [-0.39, 0.29) is 0 Å². The summed E-state index contributed by atoms with van der Waals surface area (Å²) in [6.45, 7) is 2.26. The van der Waals surface area contributed by atoms with Gasteiger partial charge in [-0.15, -0.1) is 0 Å². The van der Waals surface area contributed by atoms with Gasteiger partial charge in [0.25, 0.3) is 0 Å². The van der Waals surface area contributed by atoms with Gasteiger partial charge in [0.15, 0.2) is 0 Å². The lowest BCUT2D eigenvalue weighted by molar-refractivity contribution is 0.439. The summed E-state index contributed by atoms with van der Waals surface area (Å²) in [7, 11) is 4.61. The molecule has 0 aliphatic carbocycles. The molecule has 0 saturated carbocycles. The minimum absolute atomic E-state index is 1.07. The lowest BCUT2D eigenvalue weighted by Crippen LogP contribution is -2.26. The van der Waals surface area contributed by atoms with Crippen LogP contribution < -0.4 is 10.9 Å². The number of hydrogen-bond donors (Lipinski definition) is 2. The van der Waals surface area contributed by atoms with Crippen molar-refractivity contribution >= 4 is 9.39 Å². The van der Waals surface area contributed by atoms with Crippen molar-refractivity contribution in [2.45, 2.75) is 12.8 Å². The first kappa shape index (κ1) is 8.98. The van der Waals surface area contributed by atoms with Crippen LogP contribution in [0.3, 0.4) is 0 Å². The Morgan fingerprint density at radius 3 is 3.09 bits per heavy atom. The Labute approximate surface area is 70.4 Å². The Hall–Kier alpha value is -0.110. The molecule has 0 aromatic rings. The molecule has 1 fully saturated rings. The molecule has 1 unspecified atom stereocenters. The van der Waals surface area contributed by atoms with Crippen molar-refractivity contribution in [3.63, 3.8) is 0 Å². The Balaban J connectivity index is 2.32. The second kappa shape index (κ2) is 4.70. The molecule has 1 aliphatic rings. The zero-order chi connectivity index (χ0) is 8.10. The average Bonchev–Trinajstić information content (AvgIpc) is 2.01. The van der Waals surface area contributed by atoms with Crippen molar-refractivity contribution in [1.29, 1.82) is 0 Å². The van der Waals surface area contributed by atoms with Gasteiger partial charge in [-0.2, -0.15) is 0 Å². The normalized spacial score (nSPS) is 24.0. The van der Waals surface area contributed by atoms with E-state index in [9.17, 15) is 0 Å². The molecule has 1 rings (SSSR count). The number of hydrogen-bond acceptors (Lipinski definition) is 3. The second-order valence-electron chi connectivity index (χ2n) is 2.77. The van der Waals surface area contributed by atoms with Gasteiger partial charge >= 0.3 is 0 Å². The SMILES string of the molecule is CNN/C=C1\CCCN(P)C1. The highest BCUT2D eigenvalue weighted by Gasteiger charge is 2.09. The summed E-state index contributed by atoms with van der Waals surface area (Å²) in [6.07, 6.45) is 4.54. The van der Waals surface area contributed by atoms with Gasteiger partial charge in [0.1, 0.15) is 0 Å². The van der Waals surface area contributed by atoms with Crippen molar-refractivity contribution < 1.29 is 0 Å². The molecule has 0 bridgehead atoms. The van der Waals surface area contributed by atoms with E-state index >= 15 is 0 Å². The number of piperidine rings is 1. The summed E-state index contributed by atoms with van der Waals surface area (Å²) in [4.78, 5) is 0. The van der Waals surface area contributed by atoms with E-state index in [1.807, 2.05) is 7.05 Å². The van der Waals surface area contributed by atoms with E-state index in [0.29, 0.717) is 0 Å². The highest BCUT2D eigenvalue weighted by Crippen LogP contribution is 2.16. The van der Waals surface area contributed by atoms with Crippen LogP contribution in [0.1, 0.15) is 12.8 Å². The van der Waals surface area contributed by atoms with Crippen molar-refractivity contribution in [3.05, 3.63) is 11.8 Å². The van der Waals surface area contributed by atoms with Crippen LogP contribution >= 0.6 is 9.39 Å². The van der Waals surface area contributed by atoms with Gasteiger partial charge in [-0.1, -0.05) is 9.39 Å². The first-order valence-corrected chi connectivity index (χ1v) is 4.44. The fourth-order valence-electron chi connectivity index (χ4n) is 1.22. The topological polar surface area (TPSA) is 27.3 Å². The molecular formula is C7H16N3P. The third-order valence-electron chi connectivity index (χ3n) is 1.77. The fraction of sp³-hybridized carbons (Fsp3) is 0.714. The van der Waals surface area contributed by atoms with E-state index in [2.05, 4.69) is 31.1 Å². The van der Waals surface area contributed by atoms with Gasteiger partial charge in [0.2, 0.25) is 0 Å². The third-order valence-corrected chi connectivity index (χ3v) is 2.21. The smallest absolute Gasteiger partial charge is 0.0244 e. The molecule has 0 aromatic carbocycles. The quantitative estimate of drug-likeness (QED) is 0.470. The van der Waals surface area contributed by atoms with Gasteiger partial charge in [-0.05, 0) is 18.4 Å². The summed E-state index contributed by atoms with van der Waals surface area (Å²) >= 11 is 0. The minimum Gasteiger partial charge on any atom is -0.329 e. The number of rotatable bonds is 2. The van der Waals surface area contributed by atoms with Gasteiger partial charge in [0.05, 0.1) is 0 Å². The number of nitrogens with one attached hydrogen (secondary N) is 2. The maximum atomic E-state index is 2.99. The lowest BCUT2D eigenvalue weighted by atomic mass is 10.1. The van der Waals surface area contributed by atoms with E-state index in [1.165, 1.54) is 25.0 Å². The molecule has 0 radical (unpaired) electrons. The van der Waals surface area contributed by atoms with Crippen LogP contribution in [0.15, 0.2) is 11.8 Å². The number of hydrazine groups is 1. The molecule has 1 aliphatic heterocycles. The first-order chi connectivity index (χ1) is 5.33. The molecule has 0 amide bonds. The predicted octanol–water partition coefficient (Wildman–Crippen LogP) is 0.480. The molecule has 4 heteroatoms. The summed E-state index contributed by atoms with van der Waals surface area (Å²) in [5.41, 5.74) is 7.33. The van der Waals surface area contributed by atoms with Crippen LogP contribution in [0.5, 0.6) is 0 Å². The van der Waals surface area contributed by atoms with Crippen LogP contribution in [0, 0.1) is 0 Å². The minimum atomic E-state index is 1.07.